The standard InChI is InChI=1S/C25H34N2O4/c1-7-27-13-12-18-14-21(30-5)22(31-6)15-20(18)24(27)23(16(2)3)26-25(28)17-8-10-19(29-4)11-9-17/h8-11,14-16,23-24H,7,12-13H2,1-6H3,(H,26,28)/p+1/t23-,24-/m1/s1. The van der Waals surface area contributed by atoms with E-state index in [9.17, 15) is 4.79 Å². The van der Waals surface area contributed by atoms with Crippen molar-refractivity contribution in [3.8, 4) is 17.2 Å². The van der Waals surface area contributed by atoms with Crippen molar-refractivity contribution in [3.05, 3.63) is 53.1 Å². The Morgan fingerprint density at radius 1 is 1.06 bits per heavy atom. The van der Waals surface area contributed by atoms with Crippen molar-refractivity contribution in [1.29, 1.82) is 0 Å². The molecule has 1 aliphatic rings. The lowest BCUT2D eigenvalue weighted by Gasteiger charge is -2.40. The van der Waals surface area contributed by atoms with Crippen LogP contribution in [0.5, 0.6) is 17.2 Å². The zero-order valence-corrected chi connectivity index (χ0v) is 19.5. The number of quaternary nitrogens is 1. The van der Waals surface area contributed by atoms with Crippen LogP contribution in [-0.4, -0.2) is 46.4 Å². The quantitative estimate of drug-likeness (QED) is 0.680. The number of methoxy groups -OCH3 is 3. The molecule has 3 rings (SSSR count). The SMILES string of the molecule is CC[NH+]1CCc2cc(OC)c(OC)cc2[C@@H]1[C@H](NC(=O)c1ccc(OC)cc1)C(C)C. The predicted octanol–water partition coefficient (Wildman–Crippen LogP) is 2.67. The van der Waals surface area contributed by atoms with Crippen LogP contribution in [0.3, 0.4) is 0 Å². The Bertz CT molecular complexity index is 895. The molecule has 0 aromatic heterocycles. The molecule has 0 fully saturated rings. The van der Waals surface area contributed by atoms with E-state index >= 15 is 0 Å². The van der Waals surface area contributed by atoms with E-state index in [0.717, 1.165) is 36.8 Å². The van der Waals surface area contributed by atoms with Crippen LogP contribution in [0.4, 0.5) is 0 Å². The van der Waals surface area contributed by atoms with E-state index in [0.29, 0.717) is 5.56 Å². The molecule has 1 amide bonds. The van der Waals surface area contributed by atoms with Crippen LogP contribution in [-0.2, 0) is 6.42 Å². The van der Waals surface area contributed by atoms with E-state index in [1.165, 1.54) is 16.0 Å². The zero-order valence-electron chi connectivity index (χ0n) is 19.5. The molecule has 1 unspecified atom stereocenters. The van der Waals surface area contributed by atoms with Crippen molar-refractivity contribution in [2.24, 2.45) is 5.92 Å². The number of carbonyl (C=O) groups is 1. The summed E-state index contributed by atoms with van der Waals surface area (Å²) >= 11 is 0. The summed E-state index contributed by atoms with van der Waals surface area (Å²) in [5, 5.41) is 3.34. The Morgan fingerprint density at radius 2 is 1.71 bits per heavy atom. The Morgan fingerprint density at radius 3 is 2.26 bits per heavy atom. The van der Waals surface area contributed by atoms with E-state index in [2.05, 4.69) is 38.2 Å². The van der Waals surface area contributed by atoms with Gasteiger partial charge in [-0.1, -0.05) is 13.8 Å². The van der Waals surface area contributed by atoms with E-state index in [1.807, 2.05) is 12.1 Å². The van der Waals surface area contributed by atoms with Gasteiger partial charge in [0, 0.05) is 17.5 Å². The predicted molar refractivity (Wildman–Crippen MR) is 121 cm³/mol. The monoisotopic (exact) mass is 427 g/mol. The third kappa shape index (κ3) is 4.79. The summed E-state index contributed by atoms with van der Waals surface area (Å²) in [7, 11) is 4.95. The van der Waals surface area contributed by atoms with Crippen molar-refractivity contribution >= 4 is 5.91 Å². The average molecular weight is 428 g/mol. The summed E-state index contributed by atoms with van der Waals surface area (Å²) < 4.78 is 16.3. The van der Waals surface area contributed by atoms with Crippen molar-refractivity contribution in [1.82, 2.24) is 5.32 Å². The fourth-order valence-electron chi connectivity index (χ4n) is 4.57. The molecule has 6 nitrogen and oxygen atoms in total. The number of amides is 1. The summed E-state index contributed by atoms with van der Waals surface area (Å²) in [6, 6.07) is 11.5. The van der Waals surface area contributed by atoms with Crippen LogP contribution < -0.4 is 24.4 Å². The highest BCUT2D eigenvalue weighted by molar-refractivity contribution is 5.94. The van der Waals surface area contributed by atoms with Crippen LogP contribution in [0.15, 0.2) is 36.4 Å². The van der Waals surface area contributed by atoms with Crippen LogP contribution in [0.2, 0.25) is 0 Å². The highest BCUT2D eigenvalue weighted by atomic mass is 16.5. The molecule has 1 aliphatic heterocycles. The molecule has 1 heterocycles. The average Bonchev–Trinajstić information content (AvgIpc) is 2.80. The van der Waals surface area contributed by atoms with Crippen molar-refractivity contribution in [2.45, 2.75) is 39.3 Å². The maximum absolute atomic E-state index is 13.1. The molecule has 6 heteroatoms. The first-order chi connectivity index (χ1) is 14.9. The lowest BCUT2D eigenvalue weighted by atomic mass is 9.83. The van der Waals surface area contributed by atoms with Gasteiger partial charge < -0.3 is 24.4 Å². The third-order valence-electron chi connectivity index (χ3n) is 6.32. The maximum atomic E-state index is 13.1. The zero-order chi connectivity index (χ0) is 22.5. The van der Waals surface area contributed by atoms with Crippen molar-refractivity contribution < 1.29 is 23.9 Å². The van der Waals surface area contributed by atoms with Crippen molar-refractivity contribution in [2.75, 3.05) is 34.4 Å². The number of fused-ring (bicyclic) bond motifs is 1. The number of nitrogens with one attached hydrogen (secondary N) is 2. The van der Waals surface area contributed by atoms with Gasteiger partial charge in [-0.15, -0.1) is 0 Å². The van der Waals surface area contributed by atoms with E-state index in [-0.39, 0.29) is 23.9 Å². The minimum absolute atomic E-state index is 0.0262. The van der Waals surface area contributed by atoms with Crippen LogP contribution in [0.1, 0.15) is 48.3 Å². The van der Waals surface area contributed by atoms with Crippen molar-refractivity contribution in [3.63, 3.8) is 0 Å². The molecule has 0 bridgehead atoms. The molecule has 0 saturated heterocycles. The van der Waals surface area contributed by atoms with E-state index < -0.39 is 0 Å². The lowest BCUT2D eigenvalue weighted by molar-refractivity contribution is -0.934. The summed E-state index contributed by atoms with van der Waals surface area (Å²) in [5.41, 5.74) is 3.13. The molecule has 2 aromatic rings. The van der Waals surface area contributed by atoms with Gasteiger partial charge in [0.1, 0.15) is 11.8 Å². The maximum Gasteiger partial charge on any atom is 0.251 e. The van der Waals surface area contributed by atoms with Gasteiger partial charge in [0.05, 0.1) is 40.5 Å². The van der Waals surface area contributed by atoms with Gasteiger partial charge in [-0.25, -0.2) is 0 Å². The molecule has 168 valence electrons. The molecule has 3 atom stereocenters. The first-order valence-electron chi connectivity index (χ1n) is 11.0. The molecule has 0 radical (unpaired) electrons. The summed E-state index contributed by atoms with van der Waals surface area (Å²) in [4.78, 5) is 14.6. The van der Waals surface area contributed by atoms with Crippen LogP contribution >= 0.6 is 0 Å². The minimum Gasteiger partial charge on any atom is -0.497 e. The van der Waals surface area contributed by atoms with E-state index in [1.54, 1.807) is 33.5 Å². The number of ether oxygens (including phenoxy) is 3. The molecule has 31 heavy (non-hydrogen) atoms. The second-order valence-electron chi connectivity index (χ2n) is 8.37. The van der Waals surface area contributed by atoms with E-state index in [4.69, 9.17) is 14.2 Å². The fraction of sp³-hybridized carbons (Fsp3) is 0.480. The Hall–Kier alpha value is -2.73. The molecule has 0 saturated carbocycles. The number of rotatable bonds is 8. The lowest BCUT2D eigenvalue weighted by Crippen LogP contribution is -3.14. The molecular formula is C25H35N2O4+. The van der Waals surface area contributed by atoms with Gasteiger partial charge in [-0.3, -0.25) is 4.79 Å². The van der Waals surface area contributed by atoms with Gasteiger partial charge in [-0.05, 0) is 54.8 Å². The first kappa shape index (κ1) is 22.9. The number of benzene rings is 2. The second-order valence-corrected chi connectivity index (χ2v) is 8.37. The Kier molecular flexibility index (Phi) is 7.44. The molecule has 0 aliphatic carbocycles. The van der Waals surface area contributed by atoms with Gasteiger partial charge in [0.15, 0.2) is 11.5 Å². The molecule has 0 spiro atoms. The van der Waals surface area contributed by atoms with Gasteiger partial charge >= 0.3 is 0 Å². The summed E-state index contributed by atoms with van der Waals surface area (Å²) in [5.74, 6) is 2.41. The Balaban J connectivity index is 1.97. The number of hydrogen-bond donors (Lipinski definition) is 2. The number of likely N-dealkylation sites (N-methyl/N-ethyl adjacent to an activating group) is 1. The first-order valence-corrected chi connectivity index (χ1v) is 11.0. The highest BCUT2D eigenvalue weighted by Gasteiger charge is 2.39. The highest BCUT2D eigenvalue weighted by Crippen LogP contribution is 2.36. The number of carbonyl (C=O) groups excluding carboxylic acids is 1. The smallest absolute Gasteiger partial charge is 0.251 e. The largest absolute Gasteiger partial charge is 0.497 e. The van der Waals surface area contributed by atoms with Gasteiger partial charge in [0.25, 0.3) is 5.91 Å². The molecular weight excluding hydrogens is 392 g/mol. The number of hydrogen-bond acceptors (Lipinski definition) is 4. The third-order valence-corrected chi connectivity index (χ3v) is 6.32. The van der Waals surface area contributed by atoms with Gasteiger partial charge in [-0.2, -0.15) is 0 Å². The van der Waals surface area contributed by atoms with Crippen LogP contribution in [0, 0.1) is 5.92 Å². The van der Waals surface area contributed by atoms with Gasteiger partial charge in [0.2, 0.25) is 0 Å². The van der Waals surface area contributed by atoms with Crippen LogP contribution in [0.25, 0.3) is 0 Å². The minimum atomic E-state index is -0.0654. The topological polar surface area (TPSA) is 61.2 Å². The normalized spacial score (nSPS) is 18.8. The fourth-order valence-corrected chi connectivity index (χ4v) is 4.57. The summed E-state index contributed by atoms with van der Waals surface area (Å²) in [6.07, 6.45) is 0.979. The Labute approximate surface area is 185 Å². The summed E-state index contributed by atoms with van der Waals surface area (Å²) in [6.45, 7) is 8.55. The molecule has 2 aromatic carbocycles. The molecule has 2 N–H and O–H groups in total. The second kappa shape index (κ2) is 10.1.